The predicted octanol–water partition coefficient (Wildman–Crippen LogP) is 5.91. The summed E-state index contributed by atoms with van der Waals surface area (Å²) >= 11 is 0. The number of ether oxygens (including phenoxy) is 1. The van der Waals surface area contributed by atoms with Crippen molar-refractivity contribution in [1.29, 1.82) is 0 Å². The monoisotopic (exact) mass is 357 g/mol. The fourth-order valence-electron chi connectivity index (χ4n) is 5.36. The van der Waals surface area contributed by atoms with Crippen LogP contribution in [0.25, 0.3) is 0 Å². The van der Waals surface area contributed by atoms with Gasteiger partial charge in [-0.3, -0.25) is 4.90 Å². The molecule has 1 aliphatic heterocycles. The van der Waals surface area contributed by atoms with E-state index in [1.54, 1.807) is 0 Å². The summed E-state index contributed by atoms with van der Waals surface area (Å²) in [7, 11) is 0. The van der Waals surface area contributed by atoms with E-state index in [4.69, 9.17) is 4.74 Å². The maximum atomic E-state index is 5.94. The second-order valence-corrected chi connectivity index (χ2v) is 8.90. The van der Waals surface area contributed by atoms with Gasteiger partial charge in [0.2, 0.25) is 0 Å². The van der Waals surface area contributed by atoms with Crippen molar-refractivity contribution in [3.8, 4) is 0 Å². The van der Waals surface area contributed by atoms with Gasteiger partial charge in [-0.05, 0) is 67.9 Å². The molecule has 1 saturated carbocycles. The standard InChI is InChI=1S/C24H39NO/c1-4-22-14-16-25(18-20-10-7-6-8-11-20)23(5-2)24(22,3)15-9-17-26-19-21-12-13-21/h6-8,10-11,21-23H,4-5,9,12-19H2,1-3H3. The summed E-state index contributed by atoms with van der Waals surface area (Å²) in [6.07, 6.45) is 9.22. The summed E-state index contributed by atoms with van der Waals surface area (Å²) in [5.74, 6) is 1.73. The van der Waals surface area contributed by atoms with Gasteiger partial charge in [-0.1, -0.05) is 57.5 Å². The normalized spacial score (nSPS) is 29.8. The molecule has 3 unspecified atom stereocenters. The van der Waals surface area contributed by atoms with E-state index in [0.717, 1.165) is 31.6 Å². The van der Waals surface area contributed by atoms with Gasteiger partial charge in [0, 0.05) is 25.8 Å². The van der Waals surface area contributed by atoms with E-state index in [1.807, 2.05) is 0 Å². The van der Waals surface area contributed by atoms with Crippen molar-refractivity contribution in [2.24, 2.45) is 17.3 Å². The van der Waals surface area contributed by atoms with Gasteiger partial charge < -0.3 is 4.74 Å². The Balaban J connectivity index is 1.61. The third-order valence-corrected chi connectivity index (χ3v) is 7.06. The molecule has 3 rings (SSSR count). The highest BCUT2D eigenvalue weighted by molar-refractivity contribution is 5.15. The zero-order valence-electron chi connectivity index (χ0n) is 17.3. The Morgan fingerprint density at radius 2 is 1.85 bits per heavy atom. The van der Waals surface area contributed by atoms with Crippen LogP contribution in [0.2, 0.25) is 0 Å². The van der Waals surface area contributed by atoms with Crippen LogP contribution in [-0.4, -0.2) is 30.7 Å². The van der Waals surface area contributed by atoms with Crippen molar-refractivity contribution >= 4 is 0 Å². The predicted molar refractivity (Wildman–Crippen MR) is 110 cm³/mol. The third kappa shape index (κ3) is 4.89. The van der Waals surface area contributed by atoms with Crippen molar-refractivity contribution in [2.45, 2.75) is 78.3 Å². The van der Waals surface area contributed by atoms with Crippen molar-refractivity contribution in [3.63, 3.8) is 0 Å². The Morgan fingerprint density at radius 1 is 1.08 bits per heavy atom. The highest BCUT2D eigenvalue weighted by Gasteiger charge is 2.45. The van der Waals surface area contributed by atoms with Gasteiger partial charge in [-0.2, -0.15) is 0 Å². The molecule has 0 radical (unpaired) electrons. The molecule has 2 aliphatic rings. The summed E-state index contributed by atoms with van der Waals surface area (Å²) in [6.45, 7) is 11.7. The van der Waals surface area contributed by atoms with Crippen LogP contribution in [0.5, 0.6) is 0 Å². The molecule has 2 fully saturated rings. The number of hydrogen-bond acceptors (Lipinski definition) is 2. The average Bonchev–Trinajstić information content (AvgIpc) is 3.47. The van der Waals surface area contributed by atoms with Crippen LogP contribution in [0, 0.1) is 17.3 Å². The molecule has 0 amide bonds. The summed E-state index contributed by atoms with van der Waals surface area (Å²) < 4.78 is 5.94. The van der Waals surface area contributed by atoms with Crippen LogP contribution in [0.4, 0.5) is 0 Å². The van der Waals surface area contributed by atoms with Crippen molar-refractivity contribution < 1.29 is 4.74 Å². The molecule has 1 saturated heterocycles. The topological polar surface area (TPSA) is 12.5 Å². The van der Waals surface area contributed by atoms with Crippen LogP contribution in [0.3, 0.4) is 0 Å². The minimum atomic E-state index is 0.416. The molecule has 1 aromatic carbocycles. The first-order valence-corrected chi connectivity index (χ1v) is 11.0. The van der Waals surface area contributed by atoms with Crippen LogP contribution < -0.4 is 0 Å². The molecule has 0 bridgehead atoms. The molecule has 26 heavy (non-hydrogen) atoms. The SMILES string of the molecule is CCC1CCN(Cc2ccccc2)C(CC)C1(C)CCCOCC1CC1. The van der Waals surface area contributed by atoms with Gasteiger partial charge in [0.05, 0.1) is 0 Å². The van der Waals surface area contributed by atoms with Gasteiger partial charge >= 0.3 is 0 Å². The van der Waals surface area contributed by atoms with Gasteiger partial charge in [0.25, 0.3) is 0 Å². The molecule has 1 aliphatic carbocycles. The quantitative estimate of drug-likeness (QED) is 0.483. The summed E-state index contributed by atoms with van der Waals surface area (Å²) in [6, 6.07) is 11.7. The number of rotatable bonds is 10. The Hall–Kier alpha value is -0.860. The molecule has 146 valence electrons. The lowest BCUT2D eigenvalue weighted by Crippen LogP contribution is -2.54. The van der Waals surface area contributed by atoms with Crippen molar-refractivity contribution in [2.75, 3.05) is 19.8 Å². The molecule has 0 aromatic heterocycles. The minimum Gasteiger partial charge on any atom is -0.381 e. The highest BCUT2D eigenvalue weighted by Crippen LogP contribution is 2.47. The smallest absolute Gasteiger partial charge is 0.0494 e. The Morgan fingerprint density at radius 3 is 2.50 bits per heavy atom. The van der Waals surface area contributed by atoms with Crippen molar-refractivity contribution in [1.82, 2.24) is 4.90 Å². The second kappa shape index (κ2) is 9.37. The lowest BCUT2D eigenvalue weighted by atomic mass is 9.63. The number of nitrogens with zero attached hydrogens (tertiary/aromatic N) is 1. The molecule has 3 atom stereocenters. The van der Waals surface area contributed by atoms with E-state index in [2.05, 4.69) is 56.0 Å². The van der Waals surface area contributed by atoms with E-state index in [-0.39, 0.29) is 0 Å². The number of piperidine rings is 1. The Kier molecular flexibility index (Phi) is 7.17. The lowest BCUT2D eigenvalue weighted by molar-refractivity contribution is -0.0434. The first-order chi connectivity index (χ1) is 12.7. The molecule has 2 nitrogen and oxygen atoms in total. The molecule has 1 aromatic rings. The van der Waals surface area contributed by atoms with Crippen LogP contribution in [0.1, 0.15) is 71.3 Å². The molecule has 0 N–H and O–H groups in total. The zero-order valence-corrected chi connectivity index (χ0v) is 17.3. The number of benzene rings is 1. The number of likely N-dealkylation sites (tertiary alicyclic amines) is 1. The minimum absolute atomic E-state index is 0.416. The maximum absolute atomic E-state index is 5.94. The maximum Gasteiger partial charge on any atom is 0.0494 e. The molecule has 2 heteroatoms. The molecular formula is C24H39NO. The van der Waals surface area contributed by atoms with Crippen LogP contribution in [0.15, 0.2) is 30.3 Å². The van der Waals surface area contributed by atoms with E-state index in [0.29, 0.717) is 11.5 Å². The highest BCUT2D eigenvalue weighted by atomic mass is 16.5. The van der Waals surface area contributed by atoms with Gasteiger partial charge in [-0.25, -0.2) is 0 Å². The van der Waals surface area contributed by atoms with E-state index in [1.165, 1.54) is 57.1 Å². The van der Waals surface area contributed by atoms with E-state index < -0.39 is 0 Å². The van der Waals surface area contributed by atoms with Gasteiger partial charge in [0.1, 0.15) is 0 Å². The van der Waals surface area contributed by atoms with Crippen molar-refractivity contribution in [3.05, 3.63) is 35.9 Å². The van der Waals surface area contributed by atoms with E-state index in [9.17, 15) is 0 Å². The first kappa shape index (κ1) is 19.9. The van der Waals surface area contributed by atoms with Gasteiger partial charge in [0.15, 0.2) is 0 Å². The average molecular weight is 358 g/mol. The summed E-state index contributed by atoms with van der Waals surface area (Å²) in [5.41, 5.74) is 1.87. The Labute approximate surface area is 161 Å². The summed E-state index contributed by atoms with van der Waals surface area (Å²) in [4.78, 5) is 2.77. The lowest BCUT2D eigenvalue weighted by Gasteiger charge is -2.53. The molecule has 1 heterocycles. The second-order valence-electron chi connectivity index (χ2n) is 8.90. The fraction of sp³-hybridized carbons (Fsp3) is 0.750. The Bertz CT molecular complexity index is 526. The van der Waals surface area contributed by atoms with E-state index >= 15 is 0 Å². The molecular weight excluding hydrogens is 318 g/mol. The number of hydrogen-bond donors (Lipinski definition) is 0. The fourth-order valence-corrected chi connectivity index (χ4v) is 5.36. The van der Waals surface area contributed by atoms with Crippen LogP contribution in [-0.2, 0) is 11.3 Å². The van der Waals surface area contributed by atoms with Crippen LogP contribution >= 0.6 is 0 Å². The first-order valence-electron chi connectivity index (χ1n) is 11.0. The van der Waals surface area contributed by atoms with Gasteiger partial charge in [-0.15, -0.1) is 0 Å². The third-order valence-electron chi connectivity index (χ3n) is 7.06. The summed E-state index contributed by atoms with van der Waals surface area (Å²) in [5, 5.41) is 0. The molecule has 0 spiro atoms. The zero-order chi connectivity index (χ0) is 18.4. The largest absolute Gasteiger partial charge is 0.381 e.